The fourth-order valence-electron chi connectivity index (χ4n) is 3.25. The lowest BCUT2D eigenvalue weighted by molar-refractivity contribution is 0.217. The summed E-state index contributed by atoms with van der Waals surface area (Å²) in [4.78, 5) is 0. The van der Waals surface area contributed by atoms with Gasteiger partial charge in [-0.25, -0.2) is 0 Å². The van der Waals surface area contributed by atoms with Crippen molar-refractivity contribution in [3.63, 3.8) is 0 Å². The summed E-state index contributed by atoms with van der Waals surface area (Å²) < 4.78 is 11.5. The molecule has 0 saturated carbocycles. The summed E-state index contributed by atoms with van der Waals surface area (Å²) in [5.41, 5.74) is 11.3. The van der Waals surface area contributed by atoms with E-state index in [2.05, 4.69) is 26.0 Å². The quantitative estimate of drug-likeness (QED) is 0.780. The summed E-state index contributed by atoms with van der Waals surface area (Å²) >= 11 is 0. The van der Waals surface area contributed by atoms with Crippen LogP contribution in [-0.4, -0.2) is 19.8 Å². The maximum absolute atomic E-state index is 6.09. The van der Waals surface area contributed by atoms with Crippen molar-refractivity contribution < 1.29 is 9.47 Å². The Balaban J connectivity index is 2.31. The van der Waals surface area contributed by atoms with E-state index in [1.54, 1.807) is 7.11 Å². The topological polar surface area (TPSA) is 44.5 Å². The molecule has 2 N–H and O–H groups in total. The molecule has 0 radical (unpaired) electrons. The van der Waals surface area contributed by atoms with Crippen molar-refractivity contribution in [1.29, 1.82) is 0 Å². The van der Waals surface area contributed by atoms with Gasteiger partial charge in [-0.05, 0) is 55.9 Å². The molecule has 1 aromatic rings. The van der Waals surface area contributed by atoms with E-state index in [4.69, 9.17) is 15.2 Å². The first-order valence-corrected chi connectivity index (χ1v) is 8.34. The van der Waals surface area contributed by atoms with Crippen LogP contribution in [0.15, 0.2) is 23.5 Å². The van der Waals surface area contributed by atoms with Crippen molar-refractivity contribution in [2.24, 2.45) is 5.73 Å². The Kier molecular flexibility index (Phi) is 5.90. The van der Waals surface area contributed by atoms with E-state index in [1.807, 2.05) is 6.92 Å². The highest BCUT2D eigenvalue weighted by Crippen LogP contribution is 2.31. The van der Waals surface area contributed by atoms with Crippen LogP contribution in [0.1, 0.15) is 50.3 Å². The minimum Gasteiger partial charge on any atom is -0.498 e. The van der Waals surface area contributed by atoms with E-state index in [0.29, 0.717) is 6.61 Å². The first-order valence-electron chi connectivity index (χ1n) is 8.34. The van der Waals surface area contributed by atoms with Gasteiger partial charge in [-0.1, -0.05) is 19.4 Å². The van der Waals surface area contributed by atoms with Crippen LogP contribution in [0.4, 0.5) is 0 Å². The molecule has 0 spiro atoms. The van der Waals surface area contributed by atoms with Gasteiger partial charge in [0.05, 0.1) is 19.5 Å². The van der Waals surface area contributed by atoms with Gasteiger partial charge in [0.15, 0.2) is 0 Å². The molecule has 1 aliphatic rings. The molecule has 1 aliphatic carbocycles. The second-order valence-corrected chi connectivity index (χ2v) is 6.16. The van der Waals surface area contributed by atoms with Crippen LogP contribution in [0.2, 0.25) is 0 Å². The number of methoxy groups -OCH3 is 1. The third-order valence-electron chi connectivity index (χ3n) is 4.34. The average molecular weight is 303 g/mol. The third kappa shape index (κ3) is 3.83. The summed E-state index contributed by atoms with van der Waals surface area (Å²) in [7, 11) is 1.74. The van der Waals surface area contributed by atoms with Gasteiger partial charge in [0.25, 0.3) is 0 Å². The Morgan fingerprint density at radius 2 is 1.91 bits per heavy atom. The van der Waals surface area contributed by atoms with Crippen molar-refractivity contribution >= 4 is 0 Å². The predicted octanol–water partition coefficient (Wildman–Crippen LogP) is 3.77. The average Bonchev–Trinajstić information content (AvgIpc) is 2.85. The maximum atomic E-state index is 6.09. The zero-order chi connectivity index (χ0) is 16.1. The zero-order valence-corrected chi connectivity index (χ0v) is 14.4. The smallest absolute Gasteiger partial charge is 0.122 e. The number of fused-ring (bicyclic) bond motifs is 1. The first-order chi connectivity index (χ1) is 10.6. The fourth-order valence-corrected chi connectivity index (χ4v) is 3.25. The molecule has 122 valence electrons. The Morgan fingerprint density at radius 1 is 1.23 bits per heavy atom. The molecule has 1 atom stereocenters. The molecule has 0 saturated heterocycles. The number of hydrogen-bond donors (Lipinski definition) is 1. The Labute approximate surface area is 134 Å². The van der Waals surface area contributed by atoms with E-state index in [9.17, 15) is 0 Å². The lowest BCUT2D eigenvalue weighted by Crippen LogP contribution is -2.18. The molecular weight excluding hydrogens is 274 g/mol. The van der Waals surface area contributed by atoms with Gasteiger partial charge < -0.3 is 15.2 Å². The summed E-state index contributed by atoms with van der Waals surface area (Å²) in [6, 6.07) is 4.67. The van der Waals surface area contributed by atoms with Crippen LogP contribution in [-0.2, 0) is 24.0 Å². The van der Waals surface area contributed by atoms with E-state index in [1.165, 1.54) is 22.3 Å². The van der Waals surface area contributed by atoms with Crippen molar-refractivity contribution in [1.82, 2.24) is 0 Å². The highest BCUT2D eigenvalue weighted by Gasteiger charge is 2.21. The molecule has 3 nitrogen and oxygen atoms in total. The molecule has 0 aliphatic heterocycles. The van der Waals surface area contributed by atoms with Crippen molar-refractivity contribution in [2.45, 2.75) is 58.9 Å². The highest BCUT2D eigenvalue weighted by molar-refractivity contribution is 5.47. The maximum Gasteiger partial charge on any atom is 0.122 e. The van der Waals surface area contributed by atoms with Crippen molar-refractivity contribution in [2.75, 3.05) is 13.7 Å². The predicted molar refractivity (Wildman–Crippen MR) is 91.3 cm³/mol. The Bertz CT molecular complexity index is 549. The summed E-state index contributed by atoms with van der Waals surface area (Å²) in [6.07, 6.45) is 4.93. The molecule has 1 unspecified atom stereocenters. The van der Waals surface area contributed by atoms with Gasteiger partial charge in [0.1, 0.15) is 5.75 Å². The van der Waals surface area contributed by atoms with Gasteiger partial charge >= 0.3 is 0 Å². The number of allylic oxidation sites excluding steroid dienone is 2. The molecule has 0 heterocycles. The molecule has 22 heavy (non-hydrogen) atoms. The Hall–Kier alpha value is -1.48. The molecular formula is C19H29NO2. The number of hydrogen-bond acceptors (Lipinski definition) is 3. The van der Waals surface area contributed by atoms with Gasteiger partial charge in [-0.15, -0.1) is 0 Å². The summed E-state index contributed by atoms with van der Waals surface area (Å²) in [5, 5.41) is 0. The zero-order valence-electron chi connectivity index (χ0n) is 14.4. The SMILES string of the molecule is CCCC(C)=C(Cc1cc2c(cc1OC)CC(N)C2)OCC. The first kappa shape index (κ1) is 16.9. The van der Waals surface area contributed by atoms with Gasteiger partial charge in [-0.3, -0.25) is 0 Å². The second kappa shape index (κ2) is 7.68. The van der Waals surface area contributed by atoms with Gasteiger partial charge in [-0.2, -0.15) is 0 Å². The monoisotopic (exact) mass is 303 g/mol. The van der Waals surface area contributed by atoms with E-state index in [-0.39, 0.29) is 6.04 Å². The third-order valence-corrected chi connectivity index (χ3v) is 4.34. The van der Waals surface area contributed by atoms with E-state index < -0.39 is 0 Å². The summed E-state index contributed by atoms with van der Waals surface area (Å²) in [6.45, 7) is 7.11. The van der Waals surface area contributed by atoms with Crippen molar-refractivity contribution in [3.8, 4) is 5.75 Å². The molecule has 0 amide bonds. The Morgan fingerprint density at radius 3 is 2.50 bits per heavy atom. The van der Waals surface area contributed by atoms with Crippen LogP contribution in [0.5, 0.6) is 5.75 Å². The van der Waals surface area contributed by atoms with Crippen LogP contribution < -0.4 is 10.5 Å². The largest absolute Gasteiger partial charge is 0.498 e. The standard InChI is InChI=1S/C19H29NO2/c1-5-7-13(3)18(22-6-2)12-16-8-14-9-17(20)10-15(14)11-19(16)21-4/h8,11,17H,5-7,9-10,12,20H2,1-4H3. The normalized spacial score (nSPS) is 18.0. The lowest BCUT2D eigenvalue weighted by atomic mass is 10.00. The minimum atomic E-state index is 0.249. The highest BCUT2D eigenvalue weighted by atomic mass is 16.5. The number of rotatable bonds is 7. The summed E-state index contributed by atoms with van der Waals surface area (Å²) in [5.74, 6) is 2.04. The molecule has 0 fully saturated rings. The molecule has 0 bridgehead atoms. The van der Waals surface area contributed by atoms with Crippen LogP contribution >= 0.6 is 0 Å². The molecule has 0 aromatic heterocycles. The molecule has 1 aromatic carbocycles. The fraction of sp³-hybridized carbons (Fsp3) is 0.579. The number of nitrogens with two attached hydrogens (primary N) is 1. The van der Waals surface area contributed by atoms with E-state index >= 15 is 0 Å². The molecule has 3 heteroatoms. The van der Waals surface area contributed by atoms with E-state index in [0.717, 1.165) is 43.6 Å². The second-order valence-electron chi connectivity index (χ2n) is 6.16. The van der Waals surface area contributed by atoms with Crippen molar-refractivity contribution in [3.05, 3.63) is 40.2 Å². The lowest BCUT2D eigenvalue weighted by Gasteiger charge is -2.16. The van der Waals surface area contributed by atoms with Crippen LogP contribution in [0.3, 0.4) is 0 Å². The van der Waals surface area contributed by atoms with Crippen LogP contribution in [0, 0.1) is 0 Å². The van der Waals surface area contributed by atoms with Crippen LogP contribution in [0.25, 0.3) is 0 Å². The minimum absolute atomic E-state index is 0.249. The van der Waals surface area contributed by atoms with Gasteiger partial charge in [0.2, 0.25) is 0 Å². The molecule has 2 rings (SSSR count). The number of benzene rings is 1. The van der Waals surface area contributed by atoms with Gasteiger partial charge in [0, 0.05) is 18.0 Å². The number of ether oxygens (including phenoxy) is 2.